The molecule has 0 aliphatic heterocycles. The molecule has 0 fully saturated rings. The number of allylic oxidation sites excluding steroid dienone is 8. The van der Waals surface area contributed by atoms with Gasteiger partial charge in [0.25, 0.3) is 0 Å². The lowest BCUT2D eigenvalue weighted by Gasteiger charge is -2.18. The van der Waals surface area contributed by atoms with Crippen LogP contribution in [-0.2, 0) is 28.6 Å². The second-order valence-electron chi connectivity index (χ2n) is 25.2. The van der Waals surface area contributed by atoms with Gasteiger partial charge in [0.15, 0.2) is 6.10 Å². The number of carbonyl (C=O) groups is 3. The molecule has 0 aliphatic carbocycles. The maximum atomic E-state index is 13.0. The smallest absolute Gasteiger partial charge is 0.306 e. The van der Waals surface area contributed by atoms with Crippen LogP contribution >= 0.6 is 0 Å². The Balaban J connectivity index is 4.15. The Morgan fingerprint density at radius 1 is 0.241 bits per heavy atom. The zero-order valence-corrected chi connectivity index (χ0v) is 56.0. The summed E-state index contributed by atoms with van der Waals surface area (Å²) in [7, 11) is 0. The Bertz CT molecular complexity index is 1430. The Kier molecular flexibility index (Phi) is 69.6. The van der Waals surface area contributed by atoms with Crippen molar-refractivity contribution in [2.45, 2.75) is 412 Å². The first-order chi connectivity index (χ1) is 41.0. The van der Waals surface area contributed by atoms with E-state index in [4.69, 9.17) is 14.2 Å². The maximum absolute atomic E-state index is 13.0. The molecule has 0 bridgehead atoms. The van der Waals surface area contributed by atoms with Gasteiger partial charge < -0.3 is 14.2 Å². The maximum Gasteiger partial charge on any atom is 0.306 e. The van der Waals surface area contributed by atoms with Gasteiger partial charge in [-0.05, 0) is 96.3 Å². The quantitative estimate of drug-likeness (QED) is 0.0261. The van der Waals surface area contributed by atoms with Crippen LogP contribution in [0.2, 0.25) is 0 Å². The summed E-state index contributed by atoms with van der Waals surface area (Å²) in [6.45, 7) is 6.65. The molecular weight excluding hydrogens is 1020 g/mol. The minimum atomic E-state index is -0.776. The molecular formula is C77H142O6. The lowest BCUT2D eigenvalue weighted by molar-refractivity contribution is -0.167. The van der Waals surface area contributed by atoms with Gasteiger partial charge in [-0.25, -0.2) is 0 Å². The summed E-state index contributed by atoms with van der Waals surface area (Å²) in [5.74, 6) is -0.855. The number of carbonyl (C=O) groups excluding carboxylic acids is 3. The molecule has 0 N–H and O–H groups in total. The van der Waals surface area contributed by atoms with E-state index < -0.39 is 6.10 Å². The van der Waals surface area contributed by atoms with Gasteiger partial charge in [-0.15, -0.1) is 0 Å². The average molecular weight is 1160 g/mol. The van der Waals surface area contributed by atoms with Crippen LogP contribution in [0.25, 0.3) is 0 Å². The highest BCUT2D eigenvalue weighted by Gasteiger charge is 2.19. The van der Waals surface area contributed by atoms with Gasteiger partial charge in [-0.1, -0.05) is 339 Å². The molecule has 1 unspecified atom stereocenters. The van der Waals surface area contributed by atoms with E-state index in [1.54, 1.807) is 0 Å². The fourth-order valence-electron chi connectivity index (χ4n) is 11.2. The van der Waals surface area contributed by atoms with Crippen LogP contribution in [0.5, 0.6) is 0 Å². The number of esters is 3. The molecule has 0 saturated heterocycles. The van der Waals surface area contributed by atoms with Gasteiger partial charge >= 0.3 is 17.9 Å². The van der Waals surface area contributed by atoms with Crippen molar-refractivity contribution in [3.05, 3.63) is 48.6 Å². The number of rotatable bonds is 69. The predicted octanol–water partition coefficient (Wildman–Crippen LogP) is 25.7. The second kappa shape index (κ2) is 71.8. The van der Waals surface area contributed by atoms with Crippen molar-refractivity contribution < 1.29 is 28.6 Å². The van der Waals surface area contributed by atoms with E-state index in [0.717, 1.165) is 70.6 Å². The van der Waals surface area contributed by atoms with E-state index in [2.05, 4.69) is 69.4 Å². The Labute approximate surface area is 518 Å². The van der Waals surface area contributed by atoms with Crippen LogP contribution < -0.4 is 0 Å². The van der Waals surface area contributed by atoms with Crippen molar-refractivity contribution in [1.82, 2.24) is 0 Å². The molecule has 0 aromatic carbocycles. The molecule has 0 spiro atoms. The third kappa shape index (κ3) is 70.0. The molecule has 6 nitrogen and oxygen atoms in total. The fraction of sp³-hybridized carbons (Fsp3) is 0.857. The normalized spacial score (nSPS) is 12.3. The van der Waals surface area contributed by atoms with Gasteiger partial charge in [-0.2, -0.15) is 0 Å². The molecule has 0 aromatic heterocycles. The first kappa shape index (κ1) is 80.4. The zero-order valence-electron chi connectivity index (χ0n) is 56.0. The van der Waals surface area contributed by atoms with E-state index >= 15 is 0 Å². The second-order valence-corrected chi connectivity index (χ2v) is 25.2. The van der Waals surface area contributed by atoms with Crippen LogP contribution in [0.4, 0.5) is 0 Å². The average Bonchev–Trinajstić information content (AvgIpc) is 3.48. The van der Waals surface area contributed by atoms with E-state index in [1.807, 2.05) is 0 Å². The first-order valence-corrected chi connectivity index (χ1v) is 37.1. The minimum absolute atomic E-state index is 0.0713. The summed E-state index contributed by atoms with van der Waals surface area (Å²) in [5.41, 5.74) is 0. The van der Waals surface area contributed by atoms with Crippen LogP contribution in [0.3, 0.4) is 0 Å². The van der Waals surface area contributed by atoms with Gasteiger partial charge in [-0.3, -0.25) is 14.4 Å². The standard InChI is InChI=1S/C77H142O6/c1-4-7-10-13-16-19-22-24-26-28-30-32-34-36-37-38-39-41-42-44-46-48-50-52-55-58-61-64-67-70-76(79)82-73-74(72-81-75(78)69-66-63-60-57-54-21-18-15-12-9-6-3)83-77(80)71-68-65-62-59-56-53-51-49-47-45-43-40-35-33-31-29-27-25-23-20-17-14-11-8-5-2/h15,18,22,24,28-31,74H,4-14,16-17,19-21,23,25-27,32-73H2,1-3H3/b18-15-,24-22-,30-28-,31-29-. The van der Waals surface area contributed by atoms with E-state index in [9.17, 15) is 14.4 Å². The summed E-state index contributed by atoms with van der Waals surface area (Å²) in [6, 6.07) is 0. The lowest BCUT2D eigenvalue weighted by Crippen LogP contribution is -2.30. The summed E-state index contributed by atoms with van der Waals surface area (Å²) in [6.07, 6.45) is 91.6. The largest absolute Gasteiger partial charge is 0.462 e. The van der Waals surface area contributed by atoms with Gasteiger partial charge in [0.05, 0.1) is 0 Å². The number of hydrogen-bond acceptors (Lipinski definition) is 6. The third-order valence-electron chi connectivity index (χ3n) is 16.8. The van der Waals surface area contributed by atoms with E-state index in [1.165, 1.54) is 295 Å². The predicted molar refractivity (Wildman–Crippen MR) is 362 cm³/mol. The molecule has 0 aliphatic rings. The van der Waals surface area contributed by atoms with Crippen molar-refractivity contribution in [3.63, 3.8) is 0 Å². The first-order valence-electron chi connectivity index (χ1n) is 37.1. The van der Waals surface area contributed by atoms with Crippen LogP contribution in [-0.4, -0.2) is 37.2 Å². The summed E-state index contributed by atoms with van der Waals surface area (Å²) in [4.78, 5) is 38.4. The Morgan fingerprint density at radius 3 is 0.711 bits per heavy atom. The molecule has 486 valence electrons. The highest BCUT2D eigenvalue weighted by Crippen LogP contribution is 2.18. The molecule has 0 aromatic rings. The molecule has 0 rings (SSSR count). The number of unbranched alkanes of at least 4 members (excludes halogenated alkanes) is 50. The topological polar surface area (TPSA) is 78.9 Å². The van der Waals surface area contributed by atoms with Gasteiger partial charge in [0, 0.05) is 19.3 Å². The Hall–Kier alpha value is -2.63. The van der Waals surface area contributed by atoms with Crippen LogP contribution in [0.15, 0.2) is 48.6 Å². The van der Waals surface area contributed by atoms with Gasteiger partial charge in [0.1, 0.15) is 13.2 Å². The molecule has 83 heavy (non-hydrogen) atoms. The summed E-state index contributed by atoms with van der Waals surface area (Å²) >= 11 is 0. The third-order valence-corrected chi connectivity index (χ3v) is 16.8. The molecule has 0 saturated carbocycles. The highest BCUT2D eigenvalue weighted by molar-refractivity contribution is 5.71. The van der Waals surface area contributed by atoms with Crippen LogP contribution in [0, 0.1) is 0 Å². The Morgan fingerprint density at radius 2 is 0.446 bits per heavy atom. The van der Waals surface area contributed by atoms with Crippen molar-refractivity contribution in [1.29, 1.82) is 0 Å². The van der Waals surface area contributed by atoms with Crippen molar-refractivity contribution in [3.8, 4) is 0 Å². The van der Waals surface area contributed by atoms with Crippen molar-refractivity contribution >= 4 is 17.9 Å². The lowest BCUT2D eigenvalue weighted by atomic mass is 10.0. The minimum Gasteiger partial charge on any atom is -0.462 e. The molecule has 6 heteroatoms. The highest BCUT2D eigenvalue weighted by atomic mass is 16.6. The fourth-order valence-corrected chi connectivity index (χ4v) is 11.2. The van der Waals surface area contributed by atoms with Crippen molar-refractivity contribution in [2.75, 3.05) is 13.2 Å². The zero-order chi connectivity index (χ0) is 59.9. The SMILES string of the molecule is CCCC/C=C\CCCCCCCC(=O)OCC(COC(=O)CCCCCCCCCCCCCCCCCCC/C=C\C/C=C\CCCCCCC)OC(=O)CCCCCCCCCCCCCCC/C=C\CCCCCCCCCC. The van der Waals surface area contributed by atoms with Crippen LogP contribution in [0.1, 0.15) is 406 Å². The van der Waals surface area contributed by atoms with E-state index in [-0.39, 0.29) is 31.1 Å². The van der Waals surface area contributed by atoms with Crippen molar-refractivity contribution in [2.24, 2.45) is 0 Å². The molecule has 0 radical (unpaired) electrons. The number of ether oxygens (including phenoxy) is 3. The van der Waals surface area contributed by atoms with Gasteiger partial charge in [0.2, 0.25) is 0 Å². The monoisotopic (exact) mass is 1160 g/mol. The molecule has 1 atom stereocenters. The molecule has 0 heterocycles. The molecule has 0 amide bonds. The summed E-state index contributed by atoms with van der Waals surface area (Å²) in [5, 5.41) is 0. The van der Waals surface area contributed by atoms with E-state index in [0.29, 0.717) is 19.3 Å². The number of hydrogen-bond donors (Lipinski definition) is 0. The summed E-state index contributed by atoms with van der Waals surface area (Å²) < 4.78 is 17.0.